The number of carbonyl (C=O) groups is 1. The van der Waals surface area contributed by atoms with E-state index in [9.17, 15) is 4.79 Å². The van der Waals surface area contributed by atoms with Crippen LogP contribution < -0.4 is 19.5 Å². The Hall–Kier alpha value is -4.39. The fourth-order valence-electron chi connectivity index (χ4n) is 3.14. The molecule has 0 unspecified atom stereocenters. The molecule has 0 aliphatic rings. The number of nitrogens with zero attached hydrogens (tertiary/aromatic N) is 2. The SMILES string of the molecule is COc1ccc(CNC(=O)c2ccc(-c3cc(Oc4ccc(OC)cc4)ncn3)cc2)cc1. The molecule has 4 aromatic rings. The maximum atomic E-state index is 12.5. The Morgan fingerprint density at radius 2 is 1.39 bits per heavy atom. The van der Waals surface area contributed by atoms with E-state index in [2.05, 4.69) is 15.3 Å². The molecule has 4 rings (SSSR count). The van der Waals surface area contributed by atoms with E-state index in [0.29, 0.717) is 29.4 Å². The van der Waals surface area contributed by atoms with E-state index in [0.717, 1.165) is 22.6 Å². The van der Waals surface area contributed by atoms with Gasteiger partial charge in [0.25, 0.3) is 5.91 Å². The molecule has 0 saturated carbocycles. The zero-order valence-electron chi connectivity index (χ0n) is 18.3. The van der Waals surface area contributed by atoms with Gasteiger partial charge in [-0.1, -0.05) is 24.3 Å². The molecular weight excluding hydrogens is 418 g/mol. The number of hydrogen-bond donors (Lipinski definition) is 1. The molecule has 0 aliphatic carbocycles. The van der Waals surface area contributed by atoms with Crippen molar-refractivity contribution in [3.63, 3.8) is 0 Å². The standard InChI is InChI=1S/C26H23N3O4/c1-31-21-9-3-18(4-10-21)16-27-26(30)20-7-5-19(6-8-20)24-15-25(29-17-28-24)33-23-13-11-22(32-2)12-14-23/h3-15,17H,16H2,1-2H3,(H,27,30). The lowest BCUT2D eigenvalue weighted by Gasteiger charge is -2.08. The average Bonchev–Trinajstić information content (AvgIpc) is 2.88. The summed E-state index contributed by atoms with van der Waals surface area (Å²) < 4.78 is 16.1. The second-order valence-electron chi connectivity index (χ2n) is 7.13. The molecule has 0 spiro atoms. The molecule has 33 heavy (non-hydrogen) atoms. The molecule has 3 aromatic carbocycles. The van der Waals surface area contributed by atoms with Crippen molar-refractivity contribution in [2.75, 3.05) is 14.2 Å². The summed E-state index contributed by atoms with van der Waals surface area (Å²) in [5.74, 6) is 2.45. The number of hydrogen-bond acceptors (Lipinski definition) is 6. The number of benzene rings is 3. The molecule has 166 valence electrons. The van der Waals surface area contributed by atoms with Crippen LogP contribution in [0.2, 0.25) is 0 Å². The van der Waals surface area contributed by atoms with Crippen LogP contribution >= 0.6 is 0 Å². The summed E-state index contributed by atoms with van der Waals surface area (Å²) >= 11 is 0. The highest BCUT2D eigenvalue weighted by atomic mass is 16.5. The molecule has 1 N–H and O–H groups in total. The highest BCUT2D eigenvalue weighted by Gasteiger charge is 2.08. The van der Waals surface area contributed by atoms with E-state index < -0.39 is 0 Å². The molecule has 0 atom stereocenters. The zero-order chi connectivity index (χ0) is 23.0. The van der Waals surface area contributed by atoms with Gasteiger partial charge in [-0.2, -0.15) is 0 Å². The topological polar surface area (TPSA) is 82.6 Å². The van der Waals surface area contributed by atoms with Crippen LogP contribution in [0, 0.1) is 0 Å². The molecule has 1 heterocycles. The summed E-state index contributed by atoms with van der Waals surface area (Å²) in [4.78, 5) is 21.0. The normalized spacial score (nSPS) is 10.4. The number of rotatable bonds is 8. The largest absolute Gasteiger partial charge is 0.497 e. The van der Waals surface area contributed by atoms with E-state index in [1.165, 1.54) is 6.33 Å². The van der Waals surface area contributed by atoms with E-state index in [1.54, 1.807) is 44.6 Å². The molecule has 0 saturated heterocycles. The molecule has 0 fully saturated rings. The predicted octanol–water partition coefficient (Wildman–Crippen LogP) is 4.88. The van der Waals surface area contributed by atoms with Gasteiger partial charge in [0.1, 0.15) is 23.6 Å². The second-order valence-corrected chi connectivity index (χ2v) is 7.13. The lowest BCUT2D eigenvalue weighted by atomic mass is 10.1. The summed E-state index contributed by atoms with van der Waals surface area (Å²) in [5.41, 5.74) is 3.10. The Morgan fingerprint density at radius 1 is 0.788 bits per heavy atom. The van der Waals surface area contributed by atoms with Gasteiger partial charge in [-0.15, -0.1) is 0 Å². The van der Waals surface area contributed by atoms with Gasteiger partial charge in [0.05, 0.1) is 19.9 Å². The Bertz CT molecular complexity index is 1210. The van der Waals surface area contributed by atoms with Gasteiger partial charge < -0.3 is 19.5 Å². The minimum absolute atomic E-state index is 0.149. The van der Waals surface area contributed by atoms with Crippen molar-refractivity contribution >= 4 is 5.91 Å². The van der Waals surface area contributed by atoms with E-state index in [-0.39, 0.29) is 5.91 Å². The number of amides is 1. The lowest BCUT2D eigenvalue weighted by molar-refractivity contribution is 0.0951. The Kier molecular flexibility index (Phi) is 6.80. The van der Waals surface area contributed by atoms with Crippen LogP contribution in [0.4, 0.5) is 0 Å². The fourth-order valence-corrected chi connectivity index (χ4v) is 3.14. The van der Waals surface area contributed by atoms with Crippen LogP contribution in [-0.2, 0) is 6.54 Å². The van der Waals surface area contributed by atoms with E-state index >= 15 is 0 Å². The third kappa shape index (κ3) is 5.65. The Morgan fingerprint density at radius 3 is 2.03 bits per heavy atom. The molecule has 0 bridgehead atoms. The molecule has 1 amide bonds. The van der Waals surface area contributed by atoms with Gasteiger partial charge in [-0.25, -0.2) is 9.97 Å². The second kappa shape index (κ2) is 10.3. The molecule has 0 radical (unpaired) electrons. The first-order chi connectivity index (χ1) is 16.1. The quantitative estimate of drug-likeness (QED) is 0.420. The summed E-state index contributed by atoms with van der Waals surface area (Å²) in [6.07, 6.45) is 1.45. The lowest BCUT2D eigenvalue weighted by Crippen LogP contribution is -2.22. The van der Waals surface area contributed by atoms with Gasteiger partial charge in [0.15, 0.2) is 0 Å². The van der Waals surface area contributed by atoms with Crippen LogP contribution in [-0.4, -0.2) is 30.1 Å². The summed E-state index contributed by atoms with van der Waals surface area (Å²) in [5, 5.41) is 2.92. The monoisotopic (exact) mass is 441 g/mol. The first-order valence-corrected chi connectivity index (χ1v) is 10.3. The van der Waals surface area contributed by atoms with Crippen LogP contribution in [0.15, 0.2) is 85.2 Å². The minimum atomic E-state index is -0.149. The van der Waals surface area contributed by atoms with Crippen LogP contribution in [0.25, 0.3) is 11.3 Å². The minimum Gasteiger partial charge on any atom is -0.497 e. The van der Waals surface area contributed by atoms with Crippen molar-refractivity contribution in [1.82, 2.24) is 15.3 Å². The number of aromatic nitrogens is 2. The Balaban J connectivity index is 1.39. The highest BCUT2D eigenvalue weighted by molar-refractivity contribution is 5.94. The first-order valence-electron chi connectivity index (χ1n) is 10.3. The maximum Gasteiger partial charge on any atom is 0.251 e. The third-order valence-electron chi connectivity index (χ3n) is 4.98. The number of nitrogens with one attached hydrogen (secondary N) is 1. The number of carbonyl (C=O) groups excluding carboxylic acids is 1. The van der Waals surface area contributed by atoms with Gasteiger partial charge in [0, 0.05) is 23.7 Å². The number of ether oxygens (including phenoxy) is 3. The number of methoxy groups -OCH3 is 2. The molecule has 1 aromatic heterocycles. The molecular formula is C26H23N3O4. The smallest absolute Gasteiger partial charge is 0.251 e. The fraction of sp³-hybridized carbons (Fsp3) is 0.115. The predicted molar refractivity (Wildman–Crippen MR) is 125 cm³/mol. The van der Waals surface area contributed by atoms with Crippen molar-refractivity contribution in [2.45, 2.75) is 6.54 Å². The van der Waals surface area contributed by atoms with Crippen molar-refractivity contribution < 1.29 is 19.0 Å². The van der Waals surface area contributed by atoms with Crippen molar-refractivity contribution in [2.24, 2.45) is 0 Å². The summed E-state index contributed by atoms with van der Waals surface area (Å²) in [6, 6.07) is 23.8. The Labute approximate surface area is 192 Å². The van der Waals surface area contributed by atoms with E-state index in [1.807, 2.05) is 48.5 Å². The van der Waals surface area contributed by atoms with Crippen molar-refractivity contribution in [3.8, 4) is 34.4 Å². The molecule has 0 aliphatic heterocycles. The van der Waals surface area contributed by atoms with Crippen LogP contribution in [0.5, 0.6) is 23.1 Å². The van der Waals surface area contributed by atoms with Crippen LogP contribution in [0.1, 0.15) is 15.9 Å². The van der Waals surface area contributed by atoms with Crippen LogP contribution in [0.3, 0.4) is 0 Å². The van der Waals surface area contributed by atoms with E-state index in [4.69, 9.17) is 14.2 Å². The van der Waals surface area contributed by atoms with Crippen molar-refractivity contribution in [3.05, 3.63) is 96.3 Å². The molecule has 7 heteroatoms. The highest BCUT2D eigenvalue weighted by Crippen LogP contribution is 2.25. The van der Waals surface area contributed by atoms with Gasteiger partial charge in [-0.3, -0.25) is 4.79 Å². The summed E-state index contributed by atoms with van der Waals surface area (Å²) in [6.45, 7) is 0.433. The average molecular weight is 441 g/mol. The van der Waals surface area contributed by atoms with Gasteiger partial charge >= 0.3 is 0 Å². The maximum absolute atomic E-state index is 12.5. The van der Waals surface area contributed by atoms with Gasteiger partial charge in [0.2, 0.25) is 5.88 Å². The zero-order valence-corrected chi connectivity index (χ0v) is 18.3. The third-order valence-corrected chi connectivity index (χ3v) is 4.98. The first kappa shape index (κ1) is 21.8. The molecule has 7 nitrogen and oxygen atoms in total. The van der Waals surface area contributed by atoms with Crippen molar-refractivity contribution in [1.29, 1.82) is 0 Å². The van der Waals surface area contributed by atoms with Gasteiger partial charge in [-0.05, 0) is 54.1 Å². The summed E-state index contributed by atoms with van der Waals surface area (Å²) in [7, 11) is 3.24.